The molecule has 1 amide bonds. The van der Waals surface area contributed by atoms with Gasteiger partial charge in [-0.05, 0) is 36.8 Å². The predicted octanol–water partition coefficient (Wildman–Crippen LogP) is 3.97. The van der Waals surface area contributed by atoms with Gasteiger partial charge in [0.15, 0.2) is 11.6 Å². The van der Waals surface area contributed by atoms with Crippen molar-refractivity contribution >= 4 is 23.8 Å². The van der Waals surface area contributed by atoms with Crippen LogP contribution in [0.5, 0.6) is 5.75 Å². The first kappa shape index (κ1) is 26.2. The Morgan fingerprint density at radius 2 is 2.03 bits per heavy atom. The second-order valence-electron chi connectivity index (χ2n) is 5.30. The molecule has 0 aromatic carbocycles. The molecule has 0 fully saturated rings. The molecule has 0 spiro atoms. The number of anilines is 2. The van der Waals surface area contributed by atoms with Gasteiger partial charge < -0.3 is 20.5 Å². The topological polar surface area (TPSA) is 112 Å². The van der Waals surface area contributed by atoms with Gasteiger partial charge in [-0.15, -0.1) is 0 Å². The summed E-state index contributed by atoms with van der Waals surface area (Å²) in [4.78, 5) is 21.7. The molecule has 162 valence electrons. The van der Waals surface area contributed by atoms with E-state index in [1.165, 1.54) is 44.8 Å². The Morgan fingerprint density at radius 1 is 1.33 bits per heavy atom. The predicted molar refractivity (Wildman–Crippen MR) is 113 cm³/mol. The van der Waals surface area contributed by atoms with Gasteiger partial charge in [-0.3, -0.25) is 9.79 Å². The van der Waals surface area contributed by atoms with Crippen molar-refractivity contribution in [2.24, 2.45) is 4.99 Å². The van der Waals surface area contributed by atoms with E-state index in [0.29, 0.717) is 11.6 Å². The van der Waals surface area contributed by atoms with Gasteiger partial charge in [0.1, 0.15) is 11.6 Å². The van der Waals surface area contributed by atoms with Gasteiger partial charge in [0.05, 0.1) is 13.3 Å². The number of rotatable bonds is 6. The number of carbonyl (C=O) groups is 1. The van der Waals surface area contributed by atoms with Crippen molar-refractivity contribution in [1.29, 1.82) is 0 Å². The molecule has 10 heteroatoms. The second-order valence-corrected chi connectivity index (χ2v) is 5.30. The molecule has 2 rings (SSSR count). The zero-order valence-corrected chi connectivity index (χ0v) is 17.0. The van der Waals surface area contributed by atoms with Crippen LogP contribution in [-0.4, -0.2) is 35.8 Å². The van der Waals surface area contributed by atoms with Crippen LogP contribution in [0.3, 0.4) is 0 Å². The highest BCUT2D eigenvalue weighted by atomic mass is 19.3. The minimum atomic E-state index is -2.86. The Morgan fingerprint density at radius 3 is 2.53 bits per heavy atom. The van der Waals surface area contributed by atoms with E-state index in [1.54, 1.807) is 6.20 Å². The van der Waals surface area contributed by atoms with Crippen molar-refractivity contribution < 1.29 is 23.0 Å². The standard InChI is InChI=1S/C8H10N2O.C6H6F2N2O.C6H9NO/c1-6-3-4-9-8(5-6)10-7(2)11;7-6(8)11-4-2-1-3-10-5(4)9;1-4-7-5-6(2)8-3/h3-5H,1-2H3,(H,9,10,11);1-3,6H,(H2,9,10);4-5H,1-2H2,3H3. The van der Waals surface area contributed by atoms with Gasteiger partial charge in [0.25, 0.3) is 0 Å². The van der Waals surface area contributed by atoms with Crippen molar-refractivity contribution in [3.05, 3.63) is 67.3 Å². The van der Waals surface area contributed by atoms with Crippen LogP contribution in [0.2, 0.25) is 0 Å². The van der Waals surface area contributed by atoms with Crippen LogP contribution in [0.15, 0.2) is 66.8 Å². The largest absolute Gasteiger partial charge is 0.496 e. The zero-order chi connectivity index (χ0) is 22.9. The number of hydrogen-bond acceptors (Lipinski definition) is 7. The van der Waals surface area contributed by atoms with Crippen LogP contribution in [0.25, 0.3) is 0 Å². The fourth-order valence-electron chi connectivity index (χ4n) is 1.57. The first-order chi connectivity index (χ1) is 14.2. The van der Waals surface area contributed by atoms with E-state index >= 15 is 0 Å². The minimum absolute atomic E-state index is 0.0344. The number of nitrogens with one attached hydrogen (secondary N) is 1. The van der Waals surface area contributed by atoms with Crippen LogP contribution < -0.4 is 15.8 Å². The number of halogens is 2. The molecule has 2 aromatic rings. The molecule has 2 heterocycles. The second kappa shape index (κ2) is 15.1. The maximum absolute atomic E-state index is 11.6. The number of alkyl halides is 2. The summed E-state index contributed by atoms with van der Waals surface area (Å²) in [6, 6.07) is 6.50. The van der Waals surface area contributed by atoms with E-state index in [2.05, 4.69) is 42.9 Å². The number of aromatic nitrogens is 2. The fourth-order valence-corrected chi connectivity index (χ4v) is 1.57. The summed E-state index contributed by atoms with van der Waals surface area (Å²) in [5.41, 5.74) is 6.29. The molecule has 3 N–H and O–H groups in total. The van der Waals surface area contributed by atoms with E-state index in [1.807, 2.05) is 19.1 Å². The lowest BCUT2D eigenvalue weighted by Gasteiger charge is -2.04. The monoisotopic (exact) mass is 421 g/mol. The molecule has 0 aliphatic carbocycles. The Hall–Kier alpha value is -3.82. The van der Waals surface area contributed by atoms with E-state index in [0.717, 1.165) is 5.56 Å². The highest BCUT2D eigenvalue weighted by molar-refractivity contribution is 5.87. The number of amides is 1. The number of nitrogen functional groups attached to an aromatic ring is 1. The molecule has 0 bridgehead atoms. The molecule has 30 heavy (non-hydrogen) atoms. The highest BCUT2D eigenvalue weighted by Crippen LogP contribution is 2.18. The average Bonchev–Trinajstić information content (AvgIpc) is 2.68. The van der Waals surface area contributed by atoms with E-state index in [-0.39, 0.29) is 17.5 Å². The van der Waals surface area contributed by atoms with Crippen molar-refractivity contribution in [2.75, 3.05) is 18.2 Å². The Kier molecular flexibility index (Phi) is 13.2. The molecule has 0 saturated heterocycles. The molecule has 0 unspecified atom stereocenters. The number of aryl methyl sites for hydroxylation is 1. The highest BCUT2D eigenvalue weighted by Gasteiger charge is 2.06. The molecule has 2 aromatic heterocycles. The van der Waals surface area contributed by atoms with E-state index in [4.69, 9.17) is 5.73 Å². The third kappa shape index (κ3) is 13.4. The lowest BCUT2D eigenvalue weighted by molar-refractivity contribution is -0.114. The first-order valence-electron chi connectivity index (χ1n) is 8.42. The lowest BCUT2D eigenvalue weighted by Crippen LogP contribution is -2.07. The number of allylic oxidation sites excluding steroid dienone is 1. The lowest BCUT2D eigenvalue weighted by atomic mass is 10.3. The van der Waals surface area contributed by atoms with Gasteiger partial charge in [0, 0.05) is 25.5 Å². The number of nitrogens with zero attached hydrogens (tertiary/aromatic N) is 3. The van der Waals surface area contributed by atoms with Crippen molar-refractivity contribution in [3.63, 3.8) is 0 Å². The molecule has 0 saturated carbocycles. The Labute approximate surface area is 174 Å². The molecule has 0 atom stereocenters. The first-order valence-corrected chi connectivity index (χ1v) is 8.42. The van der Waals surface area contributed by atoms with Gasteiger partial charge in [-0.2, -0.15) is 8.78 Å². The molecule has 0 radical (unpaired) electrons. The van der Waals surface area contributed by atoms with Gasteiger partial charge in [0.2, 0.25) is 5.91 Å². The number of methoxy groups -OCH3 is 1. The number of hydrogen-bond donors (Lipinski definition) is 2. The molecule has 8 nitrogen and oxygen atoms in total. The maximum Gasteiger partial charge on any atom is 0.387 e. The SMILES string of the molecule is C=CN=CC(=C)OC.CC(=O)Nc1cc(C)ccn1.Nc1ncccc1OC(F)F. The Bertz CT molecular complexity index is 845. The zero-order valence-electron chi connectivity index (χ0n) is 17.0. The number of pyridine rings is 2. The van der Waals surface area contributed by atoms with Crippen LogP contribution in [0.1, 0.15) is 12.5 Å². The minimum Gasteiger partial charge on any atom is -0.496 e. The maximum atomic E-state index is 11.6. The van der Waals surface area contributed by atoms with Gasteiger partial charge >= 0.3 is 6.61 Å². The molecular weight excluding hydrogens is 396 g/mol. The van der Waals surface area contributed by atoms with Crippen LogP contribution in [-0.2, 0) is 9.53 Å². The summed E-state index contributed by atoms with van der Waals surface area (Å²) in [6.07, 6.45) is 5.98. The summed E-state index contributed by atoms with van der Waals surface area (Å²) in [5.74, 6) is 0.917. The van der Waals surface area contributed by atoms with Crippen LogP contribution >= 0.6 is 0 Å². The fraction of sp³-hybridized carbons (Fsp3) is 0.200. The van der Waals surface area contributed by atoms with Gasteiger partial charge in [-0.25, -0.2) is 9.97 Å². The van der Waals surface area contributed by atoms with Crippen LogP contribution in [0, 0.1) is 6.92 Å². The van der Waals surface area contributed by atoms with Crippen molar-refractivity contribution in [2.45, 2.75) is 20.5 Å². The quantitative estimate of drug-likeness (QED) is 0.539. The molecule has 0 aliphatic heterocycles. The van der Waals surface area contributed by atoms with Crippen LogP contribution in [0.4, 0.5) is 20.4 Å². The number of nitrogens with two attached hydrogens (primary N) is 1. The van der Waals surface area contributed by atoms with Crippen molar-refractivity contribution in [3.8, 4) is 5.75 Å². The van der Waals surface area contributed by atoms with Crippen molar-refractivity contribution in [1.82, 2.24) is 9.97 Å². The van der Waals surface area contributed by atoms with E-state index < -0.39 is 6.61 Å². The summed E-state index contributed by atoms with van der Waals surface area (Å²) < 4.78 is 31.9. The Balaban J connectivity index is 0.000000428. The summed E-state index contributed by atoms with van der Waals surface area (Å²) in [6.45, 7) is 7.42. The molecule has 0 aliphatic rings. The number of aliphatic imine (C=N–C) groups is 1. The number of ether oxygens (including phenoxy) is 2. The third-order valence-electron chi connectivity index (χ3n) is 2.82. The summed E-state index contributed by atoms with van der Waals surface area (Å²) >= 11 is 0. The normalized spacial score (nSPS) is 9.53. The molecular formula is C20H25F2N5O3. The smallest absolute Gasteiger partial charge is 0.387 e. The number of carbonyl (C=O) groups excluding carboxylic acids is 1. The van der Waals surface area contributed by atoms with E-state index in [9.17, 15) is 13.6 Å². The summed E-state index contributed by atoms with van der Waals surface area (Å²) in [5, 5.41) is 2.60. The summed E-state index contributed by atoms with van der Waals surface area (Å²) in [7, 11) is 1.54. The third-order valence-corrected chi connectivity index (χ3v) is 2.82. The van der Waals surface area contributed by atoms with Gasteiger partial charge in [-0.1, -0.05) is 13.2 Å². The average molecular weight is 421 g/mol.